The molecule has 0 amide bonds. The molecule has 0 aliphatic heterocycles. The molecule has 0 radical (unpaired) electrons. The smallest absolute Gasteiger partial charge is 0.419 e. The van der Waals surface area contributed by atoms with Gasteiger partial charge in [0, 0.05) is 12.3 Å². The minimum absolute atomic E-state index is 0.491. The summed E-state index contributed by atoms with van der Waals surface area (Å²) >= 11 is 0. The molecule has 0 unspecified atom stereocenters. The van der Waals surface area contributed by atoms with Crippen molar-refractivity contribution in [1.29, 1.82) is 0 Å². The van der Waals surface area contributed by atoms with Gasteiger partial charge in [-0.25, -0.2) is 4.98 Å². The topological polar surface area (TPSA) is 65.3 Å². The molecule has 1 aromatic carbocycles. The molecule has 1 aromatic heterocycles. The predicted octanol–water partition coefficient (Wildman–Crippen LogP) is 3.80. The van der Waals surface area contributed by atoms with Crippen molar-refractivity contribution in [2.75, 3.05) is 0 Å². The van der Waals surface area contributed by atoms with Crippen LogP contribution in [0.4, 0.5) is 18.9 Å². The highest BCUT2D eigenvalue weighted by Crippen LogP contribution is 2.38. The van der Waals surface area contributed by atoms with Gasteiger partial charge < -0.3 is 4.74 Å². The van der Waals surface area contributed by atoms with Gasteiger partial charge in [0.2, 0.25) is 0 Å². The van der Waals surface area contributed by atoms with Gasteiger partial charge >= 0.3 is 11.9 Å². The fourth-order valence-corrected chi connectivity index (χ4v) is 1.49. The number of nitro groups is 1. The standard InChI is InChI=1S/C12H7F3N2O3/c13-12(14,15)8-4-1-2-6-10(8)20-11-9(17(18)19)5-3-7-16-11/h1-7H. The number of nitrogens with zero attached hydrogens (tertiary/aromatic N) is 2. The highest BCUT2D eigenvalue weighted by Gasteiger charge is 2.34. The summed E-state index contributed by atoms with van der Waals surface area (Å²) in [5, 5.41) is 10.8. The van der Waals surface area contributed by atoms with Crippen LogP contribution in [0.15, 0.2) is 42.6 Å². The lowest BCUT2D eigenvalue weighted by molar-refractivity contribution is -0.386. The first-order chi connectivity index (χ1) is 9.39. The summed E-state index contributed by atoms with van der Waals surface area (Å²) < 4.78 is 43.3. The van der Waals surface area contributed by atoms with Crippen LogP contribution in [0.5, 0.6) is 11.6 Å². The average Bonchev–Trinajstić information content (AvgIpc) is 2.38. The fourth-order valence-electron chi connectivity index (χ4n) is 1.49. The van der Waals surface area contributed by atoms with Crippen LogP contribution in [0.25, 0.3) is 0 Å². The van der Waals surface area contributed by atoms with Crippen molar-refractivity contribution in [1.82, 2.24) is 4.98 Å². The lowest BCUT2D eigenvalue weighted by atomic mass is 10.2. The van der Waals surface area contributed by atoms with Crippen LogP contribution < -0.4 is 4.74 Å². The monoisotopic (exact) mass is 284 g/mol. The molecule has 0 atom stereocenters. The maximum atomic E-state index is 12.8. The number of aromatic nitrogens is 1. The average molecular weight is 284 g/mol. The zero-order valence-corrected chi connectivity index (χ0v) is 9.79. The Hall–Kier alpha value is -2.64. The van der Waals surface area contributed by atoms with Crippen molar-refractivity contribution < 1.29 is 22.8 Å². The number of hydrogen-bond donors (Lipinski definition) is 0. The van der Waals surface area contributed by atoms with Crippen LogP contribution >= 0.6 is 0 Å². The number of pyridine rings is 1. The molecule has 8 heteroatoms. The molecule has 0 saturated heterocycles. The van der Waals surface area contributed by atoms with Gasteiger partial charge in [-0.15, -0.1) is 0 Å². The Morgan fingerprint density at radius 2 is 1.85 bits per heavy atom. The van der Waals surface area contributed by atoms with Gasteiger partial charge in [-0.3, -0.25) is 10.1 Å². The normalized spacial score (nSPS) is 11.2. The molecule has 20 heavy (non-hydrogen) atoms. The second-order valence-corrected chi connectivity index (χ2v) is 3.68. The van der Waals surface area contributed by atoms with E-state index in [-0.39, 0.29) is 0 Å². The summed E-state index contributed by atoms with van der Waals surface area (Å²) in [6, 6.07) is 6.81. The number of halogens is 3. The summed E-state index contributed by atoms with van der Waals surface area (Å²) in [5.41, 5.74) is -1.54. The van der Waals surface area contributed by atoms with Crippen LogP contribution in [0.2, 0.25) is 0 Å². The molecule has 2 aromatic rings. The number of para-hydroxylation sites is 1. The van der Waals surface area contributed by atoms with E-state index < -0.39 is 34.0 Å². The first-order valence-electron chi connectivity index (χ1n) is 5.33. The first kappa shape index (κ1) is 13.8. The first-order valence-corrected chi connectivity index (χ1v) is 5.33. The molecule has 5 nitrogen and oxygen atoms in total. The Bertz CT molecular complexity index is 644. The minimum atomic E-state index is -4.62. The number of hydrogen-bond acceptors (Lipinski definition) is 4. The third-order valence-electron chi connectivity index (χ3n) is 2.35. The quantitative estimate of drug-likeness (QED) is 0.635. The van der Waals surface area contributed by atoms with Crippen LogP contribution in [-0.4, -0.2) is 9.91 Å². The Kier molecular flexibility index (Phi) is 3.55. The molecule has 0 fully saturated rings. The van der Waals surface area contributed by atoms with Crippen molar-refractivity contribution >= 4 is 5.69 Å². The molecule has 2 rings (SSSR count). The SMILES string of the molecule is O=[N+]([O-])c1cccnc1Oc1ccccc1C(F)(F)F. The Morgan fingerprint density at radius 1 is 1.15 bits per heavy atom. The zero-order chi connectivity index (χ0) is 14.8. The Balaban J connectivity index is 2.44. The largest absolute Gasteiger partial charge is 0.433 e. The number of ether oxygens (including phenoxy) is 1. The maximum Gasteiger partial charge on any atom is 0.419 e. The van der Waals surface area contributed by atoms with E-state index >= 15 is 0 Å². The number of alkyl halides is 3. The minimum Gasteiger partial charge on any atom is -0.433 e. The van der Waals surface area contributed by atoms with Crippen LogP contribution in [-0.2, 0) is 6.18 Å². The second kappa shape index (κ2) is 5.16. The molecular formula is C12H7F3N2O3. The zero-order valence-electron chi connectivity index (χ0n) is 9.79. The molecule has 0 aliphatic carbocycles. The summed E-state index contributed by atoms with van der Waals surface area (Å²) in [6.45, 7) is 0. The lowest BCUT2D eigenvalue weighted by Gasteiger charge is -2.12. The summed E-state index contributed by atoms with van der Waals surface area (Å²) in [6.07, 6.45) is -3.43. The van der Waals surface area contributed by atoms with E-state index in [1.165, 1.54) is 24.4 Å². The van der Waals surface area contributed by atoms with Gasteiger partial charge in [0.05, 0.1) is 10.5 Å². The predicted molar refractivity (Wildman–Crippen MR) is 62.4 cm³/mol. The van der Waals surface area contributed by atoms with Gasteiger partial charge in [-0.2, -0.15) is 13.2 Å². The highest BCUT2D eigenvalue weighted by molar-refractivity contribution is 5.45. The molecule has 0 N–H and O–H groups in total. The van der Waals surface area contributed by atoms with Gasteiger partial charge in [0.1, 0.15) is 5.75 Å². The summed E-state index contributed by atoms with van der Waals surface area (Å²) in [5.74, 6) is -1.03. The number of benzene rings is 1. The van der Waals surface area contributed by atoms with E-state index in [4.69, 9.17) is 4.74 Å². The molecule has 0 bridgehead atoms. The highest BCUT2D eigenvalue weighted by atomic mass is 19.4. The third kappa shape index (κ3) is 2.85. The van der Waals surface area contributed by atoms with Crippen LogP contribution in [0.3, 0.4) is 0 Å². The number of rotatable bonds is 3. The van der Waals surface area contributed by atoms with E-state index in [1.807, 2.05) is 0 Å². The van der Waals surface area contributed by atoms with Crippen molar-refractivity contribution in [2.24, 2.45) is 0 Å². The Labute approximate surface area is 110 Å². The molecule has 104 valence electrons. The fraction of sp³-hybridized carbons (Fsp3) is 0.0833. The molecule has 1 heterocycles. The van der Waals surface area contributed by atoms with E-state index in [1.54, 1.807) is 0 Å². The Morgan fingerprint density at radius 3 is 2.50 bits per heavy atom. The second-order valence-electron chi connectivity index (χ2n) is 3.68. The van der Waals surface area contributed by atoms with Gasteiger partial charge in [0.15, 0.2) is 0 Å². The maximum absolute atomic E-state index is 12.8. The molecule has 0 saturated carbocycles. The van der Waals surface area contributed by atoms with Gasteiger partial charge in [-0.1, -0.05) is 12.1 Å². The lowest BCUT2D eigenvalue weighted by Crippen LogP contribution is -2.07. The van der Waals surface area contributed by atoms with E-state index in [2.05, 4.69) is 4.98 Å². The van der Waals surface area contributed by atoms with Crippen LogP contribution in [0.1, 0.15) is 5.56 Å². The van der Waals surface area contributed by atoms with E-state index in [0.29, 0.717) is 0 Å². The van der Waals surface area contributed by atoms with Crippen molar-refractivity contribution in [3.05, 3.63) is 58.3 Å². The van der Waals surface area contributed by atoms with Crippen molar-refractivity contribution in [3.8, 4) is 11.6 Å². The molecule has 0 spiro atoms. The third-order valence-corrected chi connectivity index (χ3v) is 2.35. The van der Waals surface area contributed by atoms with Crippen molar-refractivity contribution in [2.45, 2.75) is 6.18 Å². The van der Waals surface area contributed by atoms with Crippen LogP contribution in [0, 0.1) is 10.1 Å². The molecular weight excluding hydrogens is 277 g/mol. The van der Waals surface area contributed by atoms with E-state index in [9.17, 15) is 23.3 Å². The van der Waals surface area contributed by atoms with Crippen molar-refractivity contribution in [3.63, 3.8) is 0 Å². The summed E-state index contributed by atoms with van der Waals surface area (Å²) in [7, 11) is 0. The van der Waals surface area contributed by atoms with Gasteiger partial charge in [0.25, 0.3) is 5.88 Å². The summed E-state index contributed by atoms with van der Waals surface area (Å²) in [4.78, 5) is 13.6. The molecule has 0 aliphatic rings. The van der Waals surface area contributed by atoms with E-state index in [0.717, 1.165) is 18.2 Å². The van der Waals surface area contributed by atoms with Gasteiger partial charge in [-0.05, 0) is 18.2 Å².